The molecular weight excluding hydrogens is 591 g/mol. The number of thiophene rings is 1. The Morgan fingerprint density at radius 2 is 1.19 bits per heavy atom. The third-order valence-corrected chi connectivity index (χ3v) is 9.66. The lowest BCUT2D eigenvalue weighted by Crippen LogP contribution is -2.16. The number of nitrogens with two attached hydrogens (primary N) is 1. The van der Waals surface area contributed by atoms with Crippen LogP contribution in [0.2, 0.25) is 0 Å². The summed E-state index contributed by atoms with van der Waals surface area (Å²) in [6.45, 7) is 0.472. The summed E-state index contributed by atoms with van der Waals surface area (Å²) in [5.41, 5.74) is 14.2. The van der Waals surface area contributed by atoms with Gasteiger partial charge >= 0.3 is 0 Å². The molecule has 0 aliphatic carbocycles. The highest BCUT2D eigenvalue weighted by atomic mass is 32.1. The van der Waals surface area contributed by atoms with E-state index in [9.17, 15) is 0 Å². The molecule has 7 aromatic carbocycles. The van der Waals surface area contributed by atoms with Crippen molar-refractivity contribution in [3.8, 4) is 22.3 Å². The molecule has 47 heavy (non-hydrogen) atoms. The van der Waals surface area contributed by atoms with Crippen molar-refractivity contribution in [2.45, 2.75) is 6.54 Å². The smallest absolute Gasteiger partial charge is 0.157 e. The van der Waals surface area contributed by atoms with Crippen LogP contribution in [-0.2, 0) is 6.54 Å². The molecule has 0 atom stereocenters. The maximum Gasteiger partial charge on any atom is 0.157 e. The summed E-state index contributed by atoms with van der Waals surface area (Å²) in [6, 6.07) is 57.1. The summed E-state index contributed by atoms with van der Waals surface area (Å²) in [5, 5.41) is 5.01. The van der Waals surface area contributed by atoms with Gasteiger partial charge in [0.15, 0.2) is 5.84 Å². The summed E-state index contributed by atoms with van der Waals surface area (Å²) in [5.74, 6) is 1.04. The molecule has 2 N–H and O–H groups in total. The number of hydrogen-bond donors (Lipinski definition) is 1. The van der Waals surface area contributed by atoms with Gasteiger partial charge in [0.25, 0.3) is 0 Å². The minimum atomic E-state index is 0.434. The fourth-order valence-electron chi connectivity index (χ4n) is 6.29. The zero-order chi connectivity index (χ0) is 31.6. The SMILES string of the molecule is NC(=NC(=NCc1cccc(-c2ccccc2)c1)c1cccc(-c2c3ccccc3cc3sc4ccccc4c23)c1)c1ccccc1. The van der Waals surface area contributed by atoms with E-state index in [1.807, 2.05) is 47.7 Å². The number of amidine groups is 2. The standard InChI is InChI=1S/C43H31N3S/c44-42(31-16-5-2-6-17-31)46-43(45-28-29-13-11-19-32(25-29)30-14-3-1-4-15-30)35-21-12-20-34(26-35)40-36-22-8-7-18-33(36)27-39-41(40)37-23-9-10-24-38(37)47-39/h1-27H,28H2,(H2,44,45,46). The zero-order valence-corrected chi connectivity index (χ0v) is 26.5. The molecule has 0 saturated heterocycles. The van der Waals surface area contributed by atoms with Crippen molar-refractivity contribution in [2.75, 3.05) is 0 Å². The van der Waals surface area contributed by atoms with Crippen molar-refractivity contribution in [2.24, 2.45) is 15.7 Å². The molecule has 0 fully saturated rings. The van der Waals surface area contributed by atoms with Gasteiger partial charge in [-0.2, -0.15) is 0 Å². The van der Waals surface area contributed by atoms with Gasteiger partial charge in [-0.05, 0) is 62.9 Å². The third-order valence-electron chi connectivity index (χ3n) is 8.54. The average molecular weight is 622 g/mol. The monoisotopic (exact) mass is 621 g/mol. The summed E-state index contributed by atoms with van der Waals surface area (Å²) in [4.78, 5) is 10.1. The maximum absolute atomic E-state index is 6.62. The van der Waals surface area contributed by atoms with Gasteiger partial charge in [0, 0.05) is 31.3 Å². The first-order valence-corrected chi connectivity index (χ1v) is 16.6. The summed E-state index contributed by atoms with van der Waals surface area (Å²) >= 11 is 1.84. The second-order valence-corrected chi connectivity index (χ2v) is 12.7. The summed E-state index contributed by atoms with van der Waals surface area (Å²) in [6.07, 6.45) is 0. The van der Waals surface area contributed by atoms with E-state index in [-0.39, 0.29) is 0 Å². The van der Waals surface area contributed by atoms with Crippen LogP contribution >= 0.6 is 11.3 Å². The van der Waals surface area contributed by atoms with E-state index in [4.69, 9.17) is 15.7 Å². The van der Waals surface area contributed by atoms with Crippen LogP contribution in [0.1, 0.15) is 16.7 Å². The second-order valence-electron chi connectivity index (χ2n) is 11.6. The minimum absolute atomic E-state index is 0.434. The predicted octanol–water partition coefficient (Wildman–Crippen LogP) is 10.9. The molecule has 0 spiro atoms. The average Bonchev–Trinajstić information content (AvgIpc) is 3.51. The molecule has 0 radical (unpaired) electrons. The van der Waals surface area contributed by atoms with Crippen LogP contribution in [0.5, 0.6) is 0 Å². The van der Waals surface area contributed by atoms with Crippen molar-refractivity contribution in [3.05, 3.63) is 180 Å². The Bertz CT molecular complexity index is 2440. The Labute approximate surface area is 278 Å². The van der Waals surface area contributed by atoms with E-state index in [2.05, 4.69) is 127 Å². The first-order chi connectivity index (χ1) is 23.2. The highest BCUT2D eigenvalue weighted by Crippen LogP contribution is 2.44. The molecule has 8 rings (SSSR count). The van der Waals surface area contributed by atoms with E-state index in [1.165, 1.54) is 42.1 Å². The van der Waals surface area contributed by atoms with Gasteiger partial charge in [-0.3, -0.25) is 4.99 Å². The largest absolute Gasteiger partial charge is 0.383 e. The van der Waals surface area contributed by atoms with Crippen molar-refractivity contribution in [3.63, 3.8) is 0 Å². The van der Waals surface area contributed by atoms with Crippen LogP contribution in [0, 0.1) is 0 Å². The van der Waals surface area contributed by atoms with Gasteiger partial charge in [0.2, 0.25) is 0 Å². The Balaban J connectivity index is 1.28. The highest BCUT2D eigenvalue weighted by Gasteiger charge is 2.16. The molecule has 1 aromatic heterocycles. The molecule has 0 aliphatic rings. The molecule has 3 nitrogen and oxygen atoms in total. The Morgan fingerprint density at radius 1 is 0.532 bits per heavy atom. The molecule has 0 aliphatic heterocycles. The number of aliphatic imine (C=N–C) groups is 2. The minimum Gasteiger partial charge on any atom is -0.383 e. The Kier molecular flexibility index (Phi) is 7.62. The predicted molar refractivity (Wildman–Crippen MR) is 202 cm³/mol. The first kappa shape index (κ1) is 28.6. The highest BCUT2D eigenvalue weighted by molar-refractivity contribution is 7.26. The molecule has 0 bridgehead atoms. The molecule has 224 valence electrons. The van der Waals surface area contributed by atoms with Crippen LogP contribution in [0.25, 0.3) is 53.2 Å². The van der Waals surface area contributed by atoms with Crippen LogP contribution in [0.3, 0.4) is 0 Å². The molecule has 0 unspecified atom stereocenters. The first-order valence-electron chi connectivity index (χ1n) is 15.7. The van der Waals surface area contributed by atoms with Gasteiger partial charge in [0.1, 0.15) is 5.84 Å². The van der Waals surface area contributed by atoms with E-state index >= 15 is 0 Å². The van der Waals surface area contributed by atoms with Gasteiger partial charge < -0.3 is 5.73 Å². The van der Waals surface area contributed by atoms with E-state index in [0.29, 0.717) is 18.2 Å². The summed E-state index contributed by atoms with van der Waals surface area (Å²) in [7, 11) is 0. The lowest BCUT2D eigenvalue weighted by Gasteiger charge is -2.12. The topological polar surface area (TPSA) is 50.7 Å². The maximum atomic E-state index is 6.62. The van der Waals surface area contributed by atoms with Crippen LogP contribution in [0.4, 0.5) is 0 Å². The van der Waals surface area contributed by atoms with Crippen molar-refractivity contribution < 1.29 is 0 Å². The Morgan fingerprint density at radius 3 is 2.04 bits per heavy atom. The normalized spacial score (nSPS) is 12.3. The summed E-state index contributed by atoms with van der Waals surface area (Å²) < 4.78 is 2.57. The van der Waals surface area contributed by atoms with Crippen LogP contribution in [-0.4, -0.2) is 11.7 Å². The fourth-order valence-corrected chi connectivity index (χ4v) is 7.45. The number of nitrogens with zero attached hydrogens (tertiary/aromatic N) is 2. The molecule has 8 aromatic rings. The van der Waals surface area contributed by atoms with Gasteiger partial charge in [0.05, 0.1) is 6.54 Å². The second kappa shape index (κ2) is 12.5. The van der Waals surface area contributed by atoms with Crippen molar-refractivity contribution in [1.29, 1.82) is 0 Å². The quantitative estimate of drug-likeness (QED) is 0.146. The van der Waals surface area contributed by atoms with Crippen LogP contribution in [0.15, 0.2) is 174 Å². The Hall–Kier alpha value is -5.84. The number of rotatable bonds is 6. The van der Waals surface area contributed by atoms with E-state index in [0.717, 1.165) is 27.8 Å². The number of hydrogen-bond acceptors (Lipinski definition) is 2. The molecule has 0 saturated carbocycles. The zero-order valence-electron chi connectivity index (χ0n) is 25.7. The molecule has 1 heterocycles. The van der Waals surface area contributed by atoms with Crippen molar-refractivity contribution in [1.82, 2.24) is 0 Å². The van der Waals surface area contributed by atoms with Crippen molar-refractivity contribution >= 4 is 54.0 Å². The molecule has 4 heteroatoms. The lowest BCUT2D eigenvalue weighted by molar-refractivity contribution is 1.06. The number of fused-ring (bicyclic) bond motifs is 4. The lowest BCUT2D eigenvalue weighted by atomic mass is 9.92. The third kappa shape index (κ3) is 5.71. The van der Waals surface area contributed by atoms with Gasteiger partial charge in [-0.25, -0.2) is 4.99 Å². The molecular formula is C43H31N3S. The van der Waals surface area contributed by atoms with E-state index in [1.54, 1.807) is 0 Å². The number of benzene rings is 7. The van der Waals surface area contributed by atoms with Gasteiger partial charge in [-0.15, -0.1) is 11.3 Å². The van der Waals surface area contributed by atoms with Crippen LogP contribution < -0.4 is 5.73 Å². The fraction of sp³-hybridized carbons (Fsp3) is 0.0233. The molecule has 0 amide bonds. The van der Waals surface area contributed by atoms with Gasteiger partial charge in [-0.1, -0.05) is 140 Å². The van der Waals surface area contributed by atoms with E-state index < -0.39 is 0 Å².